The van der Waals surface area contributed by atoms with Crippen LogP contribution in [0.2, 0.25) is 5.02 Å². The average molecular weight is 398 g/mol. The summed E-state index contributed by atoms with van der Waals surface area (Å²) < 4.78 is 1.72. The Bertz CT molecular complexity index is 773. The van der Waals surface area contributed by atoms with Gasteiger partial charge in [-0.2, -0.15) is 5.10 Å². The zero-order valence-corrected chi connectivity index (χ0v) is 15.9. The van der Waals surface area contributed by atoms with Crippen molar-refractivity contribution in [2.75, 3.05) is 23.7 Å². The molecule has 1 aliphatic rings. The summed E-state index contributed by atoms with van der Waals surface area (Å²) in [5.74, 6) is -0.356. The van der Waals surface area contributed by atoms with Crippen LogP contribution in [0.25, 0.3) is 0 Å². The Morgan fingerprint density at radius 1 is 1.27 bits per heavy atom. The van der Waals surface area contributed by atoms with Gasteiger partial charge in [-0.25, -0.2) is 0 Å². The van der Waals surface area contributed by atoms with Crippen LogP contribution in [0.1, 0.15) is 19.8 Å². The van der Waals surface area contributed by atoms with E-state index in [-0.39, 0.29) is 24.2 Å². The van der Waals surface area contributed by atoms with Gasteiger partial charge in [0, 0.05) is 25.0 Å². The predicted molar refractivity (Wildman–Crippen MR) is 104 cm³/mol. The van der Waals surface area contributed by atoms with E-state index < -0.39 is 5.54 Å². The number of carbonyl (C=O) groups excluding carboxylic acids is 2. The fraction of sp³-hybridized carbons (Fsp3) is 0.353. The van der Waals surface area contributed by atoms with Gasteiger partial charge in [0.05, 0.1) is 10.7 Å². The number of nitrogens with one attached hydrogen (secondary N) is 3. The average Bonchev–Trinajstić information content (AvgIpc) is 3.13. The van der Waals surface area contributed by atoms with Crippen LogP contribution in [0.15, 0.2) is 36.7 Å². The van der Waals surface area contributed by atoms with Crippen LogP contribution >= 0.6 is 24.0 Å². The monoisotopic (exact) mass is 397 g/mol. The van der Waals surface area contributed by atoms with Crippen LogP contribution in [0, 0.1) is 0 Å². The highest BCUT2D eigenvalue weighted by Crippen LogP contribution is 2.31. The smallest absolute Gasteiger partial charge is 0.252 e. The molecule has 3 N–H and O–H groups in total. The highest BCUT2D eigenvalue weighted by molar-refractivity contribution is 6.34. The first-order valence-electron chi connectivity index (χ1n) is 8.11. The number of piperidine rings is 1. The molecule has 0 atom stereocenters. The molecule has 3 rings (SSSR count). The summed E-state index contributed by atoms with van der Waals surface area (Å²) in [6, 6.07) is 6.79. The minimum atomic E-state index is -0.762. The fourth-order valence-electron chi connectivity index (χ4n) is 3.06. The standard InChI is InChI=1S/C17H20ClN5O2.ClH/c1-12(24)21-13-3-4-14(18)15(11-13)22-16(25)17(5-8-19-9-6-17)23-10-2-7-20-23;/h2-4,7,10-11,19H,5-6,8-9H2,1H3,(H,21,24)(H,22,25);1H. The molecule has 2 aromatic rings. The van der Waals surface area contributed by atoms with E-state index in [1.165, 1.54) is 6.92 Å². The number of benzene rings is 1. The van der Waals surface area contributed by atoms with Crippen molar-refractivity contribution in [3.05, 3.63) is 41.7 Å². The summed E-state index contributed by atoms with van der Waals surface area (Å²) in [4.78, 5) is 24.4. The van der Waals surface area contributed by atoms with E-state index in [1.807, 2.05) is 0 Å². The van der Waals surface area contributed by atoms with Gasteiger partial charge in [0.1, 0.15) is 5.54 Å². The van der Waals surface area contributed by atoms with Gasteiger partial charge in [0.25, 0.3) is 5.91 Å². The van der Waals surface area contributed by atoms with Crippen LogP contribution in [0.3, 0.4) is 0 Å². The molecule has 2 heterocycles. The number of hydrogen-bond acceptors (Lipinski definition) is 4. The van der Waals surface area contributed by atoms with Crippen molar-refractivity contribution >= 4 is 47.2 Å². The summed E-state index contributed by atoms with van der Waals surface area (Å²) in [7, 11) is 0. The molecule has 0 radical (unpaired) electrons. The van der Waals surface area contributed by atoms with Crippen molar-refractivity contribution in [3.63, 3.8) is 0 Å². The van der Waals surface area contributed by atoms with Crippen molar-refractivity contribution in [2.45, 2.75) is 25.3 Å². The first-order valence-corrected chi connectivity index (χ1v) is 8.48. The first-order chi connectivity index (χ1) is 12.0. The van der Waals surface area contributed by atoms with Crippen molar-refractivity contribution < 1.29 is 9.59 Å². The minimum Gasteiger partial charge on any atom is -0.326 e. The topological polar surface area (TPSA) is 88.1 Å². The van der Waals surface area contributed by atoms with Crippen molar-refractivity contribution in [1.82, 2.24) is 15.1 Å². The lowest BCUT2D eigenvalue weighted by Gasteiger charge is -2.36. The molecular formula is C17H21Cl2N5O2. The molecule has 2 amide bonds. The number of aromatic nitrogens is 2. The summed E-state index contributed by atoms with van der Waals surface area (Å²) in [5, 5.41) is 13.6. The van der Waals surface area contributed by atoms with Crippen LogP contribution in [0.4, 0.5) is 11.4 Å². The van der Waals surface area contributed by atoms with Gasteiger partial charge in [0.15, 0.2) is 0 Å². The number of nitrogens with zero attached hydrogens (tertiary/aromatic N) is 2. The number of hydrogen-bond donors (Lipinski definition) is 3. The van der Waals surface area contributed by atoms with Crippen LogP contribution in [-0.2, 0) is 15.1 Å². The highest BCUT2D eigenvalue weighted by Gasteiger charge is 2.42. The molecule has 0 aliphatic carbocycles. The summed E-state index contributed by atoms with van der Waals surface area (Å²) >= 11 is 6.22. The van der Waals surface area contributed by atoms with Gasteiger partial charge in [-0.3, -0.25) is 14.3 Å². The number of halogens is 2. The molecule has 1 saturated heterocycles. The SMILES string of the molecule is CC(=O)Nc1ccc(Cl)c(NC(=O)C2(n3cccn3)CCNCC2)c1.Cl. The maximum atomic E-state index is 13.1. The molecule has 9 heteroatoms. The lowest BCUT2D eigenvalue weighted by atomic mass is 9.87. The Labute approximate surface area is 162 Å². The highest BCUT2D eigenvalue weighted by atomic mass is 35.5. The molecule has 0 unspecified atom stereocenters. The van der Waals surface area contributed by atoms with Gasteiger partial charge in [0.2, 0.25) is 5.91 Å². The lowest BCUT2D eigenvalue weighted by molar-refractivity contribution is -0.126. The van der Waals surface area contributed by atoms with E-state index in [1.54, 1.807) is 41.3 Å². The van der Waals surface area contributed by atoms with E-state index in [0.717, 1.165) is 13.1 Å². The molecule has 1 aromatic carbocycles. The molecule has 1 aromatic heterocycles. The Balaban J connectivity index is 0.00000243. The second kappa shape index (κ2) is 8.53. The minimum absolute atomic E-state index is 0. The van der Waals surface area contributed by atoms with Crippen LogP contribution < -0.4 is 16.0 Å². The van der Waals surface area contributed by atoms with E-state index in [9.17, 15) is 9.59 Å². The Morgan fingerprint density at radius 3 is 2.62 bits per heavy atom. The summed E-state index contributed by atoms with van der Waals surface area (Å²) in [6.07, 6.45) is 4.73. The second-order valence-electron chi connectivity index (χ2n) is 6.06. The van der Waals surface area contributed by atoms with Crippen LogP contribution in [0.5, 0.6) is 0 Å². The molecule has 140 valence electrons. The summed E-state index contributed by atoms with van der Waals surface area (Å²) in [5.41, 5.74) is 0.274. The Morgan fingerprint density at radius 2 is 2.00 bits per heavy atom. The third-order valence-electron chi connectivity index (χ3n) is 4.33. The van der Waals surface area contributed by atoms with Crippen LogP contribution in [-0.4, -0.2) is 34.7 Å². The van der Waals surface area contributed by atoms with Gasteiger partial charge in [-0.05, 0) is 50.2 Å². The number of amides is 2. The normalized spacial score (nSPS) is 15.6. The van der Waals surface area contributed by atoms with Gasteiger partial charge in [-0.1, -0.05) is 11.6 Å². The molecular weight excluding hydrogens is 377 g/mol. The number of rotatable bonds is 4. The van der Waals surface area contributed by atoms with E-state index in [4.69, 9.17) is 11.6 Å². The molecule has 1 fully saturated rings. The maximum absolute atomic E-state index is 13.1. The van der Waals surface area contributed by atoms with E-state index >= 15 is 0 Å². The molecule has 1 aliphatic heterocycles. The maximum Gasteiger partial charge on any atom is 0.252 e. The summed E-state index contributed by atoms with van der Waals surface area (Å²) in [6.45, 7) is 2.88. The van der Waals surface area contributed by atoms with Gasteiger partial charge < -0.3 is 16.0 Å². The van der Waals surface area contributed by atoms with E-state index in [0.29, 0.717) is 29.2 Å². The third kappa shape index (κ3) is 4.17. The van der Waals surface area contributed by atoms with E-state index in [2.05, 4.69) is 21.0 Å². The Kier molecular flexibility index (Phi) is 6.63. The molecule has 0 bridgehead atoms. The third-order valence-corrected chi connectivity index (χ3v) is 4.66. The second-order valence-corrected chi connectivity index (χ2v) is 6.47. The quantitative estimate of drug-likeness (QED) is 0.739. The molecule has 26 heavy (non-hydrogen) atoms. The Hall–Kier alpha value is -2.09. The predicted octanol–water partition coefficient (Wildman–Crippen LogP) is 2.63. The van der Waals surface area contributed by atoms with Crippen molar-refractivity contribution in [3.8, 4) is 0 Å². The van der Waals surface area contributed by atoms with Crippen molar-refractivity contribution in [2.24, 2.45) is 0 Å². The van der Waals surface area contributed by atoms with Crippen molar-refractivity contribution in [1.29, 1.82) is 0 Å². The molecule has 0 spiro atoms. The van der Waals surface area contributed by atoms with Gasteiger partial charge >= 0.3 is 0 Å². The number of carbonyl (C=O) groups is 2. The zero-order chi connectivity index (χ0) is 17.9. The first kappa shape index (κ1) is 20.2. The number of anilines is 2. The fourth-order valence-corrected chi connectivity index (χ4v) is 3.23. The molecule has 7 nitrogen and oxygen atoms in total. The zero-order valence-electron chi connectivity index (χ0n) is 14.3. The van der Waals surface area contributed by atoms with Gasteiger partial charge in [-0.15, -0.1) is 12.4 Å². The largest absolute Gasteiger partial charge is 0.326 e. The lowest BCUT2D eigenvalue weighted by Crippen LogP contribution is -2.52. The molecule has 0 saturated carbocycles.